The molecule has 0 saturated heterocycles. The van der Waals surface area contributed by atoms with E-state index in [0.717, 1.165) is 31.6 Å². The molecule has 2 rings (SSSR count). The summed E-state index contributed by atoms with van der Waals surface area (Å²) in [4.78, 5) is 0. The van der Waals surface area contributed by atoms with Crippen LogP contribution in [0.25, 0.3) is 0 Å². The first kappa shape index (κ1) is 13.6. The zero-order chi connectivity index (χ0) is 13.5. The van der Waals surface area contributed by atoms with E-state index in [0.29, 0.717) is 0 Å². The Hall–Kier alpha value is -1.80. The molecule has 2 heteroatoms. The quantitative estimate of drug-likeness (QED) is 0.860. The number of rotatable bonds is 6. The minimum atomic E-state index is 0.756. The van der Waals surface area contributed by atoms with Gasteiger partial charge < -0.3 is 10.5 Å². The third kappa shape index (κ3) is 4.11. The van der Waals surface area contributed by atoms with Gasteiger partial charge in [0.15, 0.2) is 0 Å². The van der Waals surface area contributed by atoms with Gasteiger partial charge in [0.1, 0.15) is 5.75 Å². The number of benzene rings is 2. The lowest BCUT2D eigenvalue weighted by Gasteiger charge is -2.06. The number of nitrogens with two attached hydrogens (primary N) is 1. The van der Waals surface area contributed by atoms with Crippen LogP contribution < -0.4 is 10.5 Å². The van der Waals surface area contributed by atoms with Gasteiger partial charge in [0.2, 0.25) is 0 Å². The summed E-state index contributed by atoms with van der Waals surface area (Å²) in [5, 5.41) is 0. The topological polar surface area (TPSA) is 35.2 Å². The maximum Gasteiger partial charge on any atom is 0.119 e. The smallest absolute Gasteiger partial charge is 0.119 e. The van der Waals surface area contributed by atoms with Crippen molar-refractivity contribution in [2.45, 2.75) is 19.3 Å². The van der Waals surface area contributed by atoms with E-state index in [9.17, 15) is 0 Å². The van der Waals surface area contributed by atoms with Crippen molar-refractivity contribution in [3.8, 4) is 5.75 Å². The minimum Gasteiger partial charge on any atom is -0.497 e. The van der Waals surface area contributed by atoms with Crippen LogP contribution in [0.2, 0.25) is 0 Å². The zero-order valence-corrected chi connectivity index (χ0v) is 11.4. The lowest BCUT2D eigenvalue weighted by atomic mass is 10.0. The summed E-state index contributed by atoms with van der Waals surface area (Å²) >= 11 is 0. The molecule has 0 unspecified atom stereocenters. The SMILES string of the molecule is COc1cccc(Cc2ccc(CCCN)cc2)c1. The highest BCUT2D eigenvalue weighted by Crippen LogP contribution is 2.16. The Morgan fingerprint density at radius 1 is 0.947 bits per heavy atom. The van der Waals surface area contributed by atoms with Gasteiger partial charge in [-0.25, -0.2) is 0 Å². The molecule has 0 atom stereocenters. The molecule has 0 heterocycles. The van der Waals surface area contributed by atoms with Gasteiger partial charge in [-0.2, -0.15) is 0 Å². The molecule has 0 aliphatic carbocycles. The van der Waals surface area contributed by atoms with Crippen molar-refractivity contribution >= 4 is 0 Å². The highest BCUT2D eigenvalue weighted by molar-refractivity contribution is 5.33. The van der Waals surface area contributed by atoms with E-state index in [-0.39, 0.29) is 0 Å². The Kier molecular flexibility index (Phi) is 4.99. The first-order valence-electron chi connectivity index (χ1n) is 6.72. The van der Waals surface area contributed by atoms with E-state index in [1.165, 1.54) is 16.7 Å². The van der Waals surface area contributed by atoms with Crippen molar-refractivity contribution < 1.29 is 4.74 Å². The maximum atomic E-state index is 5.52. The maximum absolute atomic E-state index is 5.52. The number of aryl methyl sites for hydroxylation is 1. The van der Waals surface area contributed by atoms with Crippen LogP contribution in [0.3, 0.4) is 0 Å². The highest BCUT2D eigenvalue weighted by Gasteiger charge is 1.99. The average molecular weight is 255 g/mol. The monoisotopic (exact) mass is 255 g/mol. The molecular formula is C17H21NO. The van der Waals surface area contributed by atoms with Gasteiger partial charge in [-0.3, -0.25) is 0 Å². The molecule has 0 bridgehead atoms. The normalized spacial score (nSPS) is 10.4. The van der Waals surface area contributed by atoms with Gasteiger partial charge in [0.25, 0.3) is 0 Å². The molecule has 0 amide bonds. The number of hydrogen-bond donors (Lipinski definition) is 1. The fourth-order valence-corrected chi connectivity index (χ4v) is 2.15. The van der Waals surface area contributed by atoms with Crippen LogP contribution in [-0.4, -0.2) is 13.7 Å². The van der Waals surface area contributed by atoms with E-state index in [1.807, 2.05) is 12.1 Å². The van der Waals surface area contributed by atoms with E-state index < -0.39 is 0 Å². The van der Waals surface area contributed by atoms with Crippen molar-refractivity contribution in [1.82, 2.24) is 0 Å². The predicted octanol–water partition coefficient (Wildman–Crippen LogP) is 3.18. The Morgan fingerprint density at radius 2 is 1.68 bits per heavy atom. The lowest BCUT2D eigenvalue weighted by Crippen LogP contribution is -2.00. The second-order valence-electron chi connectivity index (χ2n) is 4.74. The summed E-state index contributed by atoms with van der Waals surface area (Å²) in [6, 6.07) is 17.0. The van der Waals surface area contributed by atoms with Crippen LogP contribution in [0.5, 0.6) is 5.75 Å². The summed E-state index contributed by atoms with van der Waals surface area (Å²) in [5.41, 5.74) is 9.48. The Bertz CT molecular complexity index is 505. The molecule has 100 valence electrons. The van der Waals surface area contributed by atoms with Crippen LogP contribution >= 0.6 is 0 Å². The van der Waals surface area contributed by atoms with Crippen molar-refractivity contribution in [1.29, 1.82) is 0 Å². The van der Waals surface area contributed by atoms with E-state index in [4.69, 9.17) is 10.5 Å². The molecule has 0 spiro atoms. The fraction of sp³-hybridized carbons (Fsp3) is 0.294. The number of hydrogen-bond acceptors (Lipinski definition) is 2. The third-order valence-electron chi connectivity index (χ3n) is 3.23. The summed E-state index contributed by atoms with van der Waals surface area (Å²) < 4.78 is 5.24. The highest BCUT2D eigenvalue weighted by atomic mass is 16.5. The lowest BCUT2D eigenvalue weighted by molar-refractivity contribution is 0.414. The van der Waals surface area contributed by atoms with E-state index in [2.05, 4.69) is 36.4 Å². The van der Waals surface area contributed by atoms with Crippen LogP contribution in [0.4, 0.5) is 0 Å². The molecule has 0 radical (unpaired) electrons. The average Bonchev–Trinajstić information content (AvgIpc) is 2.47. The van der Waals surface area contributed by atoms with Crippen LogP contribution in [0.1, 0.15) is 23.1 Å². The van der Waals surface area contributed by atoms with Crippen molar-refractivity contribution in [3.63, 3.8) is 0 Å². The second kappa shape index (κ2) is 6.95. The molecule has 0 aliphatic heterocycles. The molecule has 2 aromatic rings. The molecule has 19 heavy (non-hydrogen) atoms. The van der Waals surface area contributed by atoms with Crippen molar-refractivity contribution in [2.75, 3.05) is 13.7 Å². The summed E-state index contributed by atoms with van der Waals surface area (Å²) in [6.45, 7) is 0.756. The predicted molar refractivity (Wildman–Crippen MR) is 79.6 cm³/mol. The summed E-state index contributed by atoms with van der Waals surface area (Å²) in [5.74, 6) is 0.914. The molecule has 0 aromatic heterocycles. The summed E-state index contributed by atoms with van der Waals surface area (Å²) in [6.07, 6.45) is 3.06. The van der Waals surface area contributed by atoms with Crippen LogP contribution in [-0.2, 0) is 12.8 Å². The Balaban J connectivity index is 2.02. The van der Waals surface area contributed by atoms with Gasteiger partial charge in [-0.15, -0.1) is 0 Å². The van der Waals surface area contributed by atoms with Gasteiger partial charge in [0, 0.05) is 0 Å². The van der Waals surface area contributed by atoms with Crippen molar-refractivity contribution in [3.05, 3.63) is 65.2 Å². The van der Waals surface area contributed by atoms with Crippen molar-refractivity contribution in [2.24, 2.45) is 5.73 Å². The van der Waals surface area contributed by atoms with Gasteiger partial charge in [-0.05, 0) is 54.6 Å². The van der Waals surface area contributed by atoms with Gasteiger partial charge in [-0.1, -0.05) is 36.4 Å². The molecule has 2 N–H and O–H groups in total. The first-order chi connectivity index (χ1) is 9.31. The Labute approximate surface area is 115 Å². The van der Waals surface area contributed by atoms with Gasteiger partial charge >= 0.3 is 0 Å². The summed E-state index contributed by atoms with van der Waals surface area (Å²) in [7, 11) is 1.70. The van der Waals surface area contributed by atoms with E-state index >= 15 is 0 Å². The zero-order valence-electron chi connectivity index (χ0n) is 11.4. The molecule has 0 saturated carbocycles. The number of methoxy groups -OCH3 is 1. The fourth-order valence-electron chi connectivity index (χ4n) is 2.15. The van der Waals surface area contributed by atoms with E-state index in [1.54, 1.807) is 7.11 Å². The Morgan fingerprint density at radius 3 is 2.37 bits per heavy atom. The van der Waals surface area contributed by atoms with Crippen LogP contribution in [0, 0.1) is 0 Å². The standard InChI is InChI=1S/C17H21NO/c1-19-17-6-2-4-16(13-17)12-15-9-7-14(8-10-15)5-3-11-18/h2,4,6-10,13H,3,5,11-12,18H2,1H3. The third-order valence-corrected chi connectivity index (χ3v) is 3.23. The first-order valence-corrected chi connectivity index (χ1v) is 6.72. The van der Waals surface area contributed by atoms with Crippen LogP contribution in [0.15, 0.2) is 48.5 Å². The number of ether oxygens (including phenoxy) is 1. The molecular weight excluding hydrogens is 234 g/mol. The molecule has 0 aliphatic rings. The second-order valence-corrected chi connectivity index (χ2v) is 4.74. The molecule has 2 aromatic carbocycles. The molecule has 2 nitrogen and oxygen atoms in total. The molecule has 0 fully saturated rings. The minimum absolute atomic E-state index is 0.756. The van der Waals surface area contributed by atoms with Gasteiger partial charge in [0.05, 0.1) is 7.11 Å². The largest absolute Gasteiger partial charge is 0.497 e.